The van der Waals surface area contributed by atoms with Crippen LogP contribution in [0.25, 0.3) is 0 Å². The number of esters is 1. The van der Waals surface area contributed by atoms with Gasteiger partial charge in [0.1, 0.15) is 5.82 Å². The lowest BCUT2D eigenvalue weighted by molar-refractivity contribution is -0.203. The van der Waals surface area contributed by atoms with Gasteiger partial charge in [0.2, 0.25) is 9.04 Å². The number of hydrogen-bond donors (Lipinski definition) is 0. The van der Waals surface area contributed by atoms with Crippen LogP contribution in [0, 0.1) is 29.0 Å². The van der Waals surface area contributed by atoms with Crippen LogP contribution in [0.1, 0.15) is 52.0 Å². The van der Waals surface area contributed by atoms with Gasteiger partial charge in [-0.3, -0.25) is 4.79 Å². The SMILES string of the molecule is CC(C)(C)[C@@H]1[C@H]2COC(=O)C(CO[SiH](c3ccccc3)c3ccccc3)[C@]2(c2ccc(F)cc2)C[C@H]1OC1CCCCO1. The Kier molecular flexibility index (Phi) is 8.88. The number of rotatable bonds is 8. The summed E-state index contributed by atoms with van der Waals surface area (Å²) in [5, 5.41) is 2.31. The molecule has 1 saturated carbocycles. The predicted molar refractivity (Wildman–Crippen MR) is 167 cm³/mol. The zero-order valence-electron chi connectivity index (χ0n) is 25.4. The van der Waals surface area contributed by atoms with Gasteiger partial charge in [-0.1, -0.05) is 93.6 Å². The number of halogens is 1. The molecule has 43 heavy (non-hydrogen) atoms. The van der Waals surface area contributed by atoms with Gasteiger partial charge in [-0.25, -0.2) is 4.39 Å². The van der Waals surface area contributed by atoms with E-state index in [4.69, 9.17) is 18.6 Å². The van der Waals surface area contributed by atoms with E-state index in [1.165, 1.54) is 12.1 Å². The van der Waals surface area contributed by atoms with Crippen molar-refractivity contribution in [2.24, 2.45) is 23.2 Å². The number of benzene rings is 3. The summed E-state index contributed by atoms with van der Waals surface area (Å²) in [7, 11) is -2.13. The topological polar surface area (TPSA) is 54.0 Å². The number of fused-ring (bicyclic) bond motifs is 1. The molecule has 2 unspecified atom stereocenters. The first-order valence-corrected chi connectivity index (χ1v) is 17.3. The molecule has 1 aliphatic carbocycles. The lowest BCUT2D eigenvalue weighted by atomic mass is 9.59. The molecule has 3 aliphatic rings. The minimum Gasteiger partial charge on any atom is -0.465 e. The van der Waals surface area contributed by atoms with Gasteiger partial charge in [0.05, 0.1) is 18.6 Å². The highest BCUT2D eigenvalue weighted by Gasteiger charge is 2.65. The van der Waals surface area contributed by atoms with Crippen LogP contribution >= 0.6 is 0 Å². The van der Waals surface area contributed by atoms with E-state index in [-0.39, 0.29) is 48.0 Å². The fraction of sp³-hybridized carbons (Fsp3) is 0.472. The van der Waals surface area contributed by atoms with Gasteiger partial charge < -0.3 is 18.6 Å². The number of ether oxygens (including phenoxy) is 3. The Morgan fingerprint density at radius 3 is 2.16 bits per heavy atom. The van der Waals surface area contributed by atoms with Crippen molar-refractivity contribution in [3.8, 4) is 0 Å². The maximum absolute atomic E-state index is 14.3. The molecule has 0 N–H and O–H groups in total. The highest BCUT2D eigenvalue weighted by Crippen LogP contribution is 2.60. The zero-order chi connectivity index (χ0) is 30.0. The summed E-state index contributed by atoms with van der Waals surface area (Å²) in [6.07, 6.45) is 3.21. The predicted octanol–water partition coefficient (Wildman–Crippen LogP) is 5.39. The van der Waals surface area contributed by atoms with Crippen LogP contribution in [0.3, 0.4) is 0 Å². The summed E-state index contributed by atoms with van der Waals surface area (Å²) in [6.45, 7) is 7.95. The Morgan fingerprint density at radius 2 is 1.58 bits per heavy atom. The lowest BCUT2D eigenvalue weighted by Gasteiger charge is -2.48. The second-order valence-corrected chi connectivity index (χ2v) is 15.9. The summed E-state index contributed by atoms with van der Waals surface area (Å²) >= 11 is 0. The highest BCUT2D eigenvalue weighted by atomic mass is 28.3. The minimum atomic E-state index is -2.13. The van der Waals surface area contributed by atoms with E-state index < -0.39 is 20.4 Å². The average molecular weight is 603 g/mol. The van der Waals surface area contributed by atoms with Crippen LogP contribution in [0.2, 0.25) is 0 Å². The summed E-state index contributed by atoms with van der Waals surface area (Å²) < 4.78 is 40.1. The van der Waals surface area contributed by atoms with Crippen molar-refractivity contribution in [2.45, 2.75) is 64.3 Å². The Hall–Kier alpha value is -2.84. The van der Waals surface area contributed by atoms with E-state index in [0.717, 1.165) is 35.2 Å². The molecule has 3 aromatic carbocycles. The Balaban J connectivity index is 1.40. The molecular formula is C36H43FO5Si. The molecule has 3 fully saturated rings. The van der Waals surface area contributed by atoms with Crippen LogP contribution in [0.15, 0.2) is 84.9 Å². The Bertz CT molecular complexity index is 1320. The first-order valence-electron chi connectivity index (χ1n) is 15.7. The van der Waals surface area contributed by atoms with Crippen molar-refractivity contribution in [1.82, 2.24) is 0 Å². The molecule has 0 aromatic heterocycles. The lowest BCUT2D eigenvalue weighted by Crippen LogP contribution is -2.55. The van der Waals surface area contributed by atoms with Gasteiger partial charge in [0.15, 0.2) is 6.29 Å². The van der Waals surface area contributed by atoms with Crippen LogP contribution in [0.5, 0.6) is 0 Å². The molecular weight excluding hydrogens is 559 g/mol. The average Bonchev–Trinajstić information content (AvgIpc) is 3.35. The summed E-state index contributed by atoms with van der Waals surface area (Å²) in [4.78, 5) is 13.9. The van der Waals surface area contributed by atoms with Crippen molar-refractivity contribution < 1.29 is 27.8 Å². The fourth-order valence-electron chi connectivity index (χ4n) is 7.98. The maximum atomic E-state index is 14.3. The van der Waals surface area contributed by atoms with Gasteiger partial charge in [-0.15, -0.1) is 0 Å². The highest BCUT2D eigenvalue weighted by molar-refractivity contribution is 6.80. The summed E-state index contributed by atoms with van der Waals surface area (Å²) in [5.74, 6) is -1.04. The smallest absolute Gasteiger partial charge is 0.312 e. The largest absolute Gasteiger partial charge is 0.465 e. The van der Waals surface area contributed by atoms with Crippen LogP contribution in [-0.4, -0.2) is 47.2 Å². The minimum absolute atomic E-state index is 0.0218. The molecule has 2 aliphatic heterocycles. The van der Waals surface area contributed by atoms with Crippen molar-refractivity contribution in [3.05, 3.63) is 96.3 Å². The molecule has 5 nitrogen and oxygen atoms in total. The first-order chi connectivity index (χ1) is 20.8. The zero-order valence-corrected chi connectivity index (χ0v) is 26.6. The van der Waals surface area contributed by atoms with Crippen LogP contribution < -0.4 is 10.4 Å². The second-order valence-electron chi connectivity index (χ2n) is 13.4. The third-order valence-electron chi connectivity index (χ3n) is 9.83. The normalized spacial score (nSPS) is 29.3. The summed E-state index contributed by atoms with van der Waals surface area (Å²) in [6, 6.07) is 27.3. The molecule has 228 valence electrons. The molecule has 6 rings (SSSR count). The van der Waals surface area contributed by atoms with Crippen molar-refractivity contribution in [3.63, 3.8) is 0 Å². The van der Waals surface area contributed by atoms with Crippen molar-refractivity contribution >= 4 is 25.4 Å². The fourth-order valence-corrected chi connectivity index (χ4v) is 10.3. The van der Waals surface area contributed by atoms with E-state index in [9.17, 15) is 9.18 Å². The molecule has 3 aromatic rings. The molecule has 0 radical (unpaired) electrons. The molecule has 0 bridgehead atoms. The van der Waals surface area contributed by atoms with Crippen LogP contribution in [-0.2, 0) is 28.8 Å². The van der Waals surface area contributed by atoms with Crippen molar-refractivity contribution in [2.75, 3.05) is 19.8 Å². The quantitative estimate of drug-likeness (QED) is 0.256. The van der Waals surface area contributed by atoms with Gasteiger partial charge in [0, 0.05) is 24.5 Å². The van der Waals surface area contributed by atoms with Gasteiger partial charge in [-0.05, 0) is 65.1 Å². The maximum Gasteiger partial charge on any atom is 0.312 e. The van der Waals surface area contributed by atoms with E-state index in [2.05, 4.69) is 45.0 Å². The Labute approximate surface area is 256 Å². The molecule has 0 amide bonds. The second kappa shape index (κ2) is 12.6. The number of cyclic esters (lactones) is 1. The van der Waals surface area contributed by atoms with Crippen LogP contribution in [0.4, 0.5) is 4.39 Å². The third kappa shape index (κ3) is 6.10. The Morgan fingerprint density at radius 1 is 0.930 bits per heavy atom. The monoisotopic (exact) mass is 602 g/mol. The molecule has 0 spiro atoms. The van der Waals surface area contributed by atoms with E-state index in [0.29, 0.717) is 19.6 Å². The number of hydrogen-bond acceptors (Lipinski definition) is 5. The molecule has 2 saturated heterocycles. The van der Waals surface area contributed by atoms with Crippen molar-refractivity contribution in [1.29, 1.82) is 0 Å². The van der Waals surface area contributed by atoms with Gasteiger partial charge >= 0.3 is 5.97 Å². The van der Waals surface area contributed by atoms with E-state index in [1.54, 1.807) is 0 Å². The van der Waals surface area contributed by atoms with Gasteiger partial charge in [0.25, 0.3) is 0 Å². The standard InChI is InChI=1S/C36H43FO5Si/c1-35(2,3)33-29-23-40-34(38)30(24-41-43(27-12-6-4-7-13-27)28-14-8-5-9-15-28)36(29,25-17-19-26(37)20-18-25)22-31(33)42-32-16-10-11-21-39-32/h4-9,12-15,17-20,29-33,43H,10-11,16,21-24H2,1-3H3/t29-,30?,31-,32?,33-,36+/m1/s1. The molecule has 7 heteroatoms. The molecule has 6 atom stereocenters. The number of carbonyl (C=O) groups excluding carboxylic acids is 1. The van der Waals surface area contributed by atoms with E-state index >= 15 is 0 Å². The van der Waals surface area contributed by atoms with Gasteiger partial charge in [-0.2, -0.15) is 0 Å². The van der Waals surface area contributed by atoms with E-state index in [1.807, 2.05) is 48.5 Å². The first kappa shape index (κ1) is 30.2. The number of carbonyl (C=O) groups is 1. The molecule has 2 heterocycles. The third-order valence-corrected chi connectivity index (χ3v) is 12.3. The summed E-state index contributed by atoms with van der Waals surface area (Å²) in [5.41, 5.74) is 0.186.